The van der Waals surface area contributed by atoms with Gasteiger partial charge in [0.1, 0.15) is 5.60 Å². The Bertz CT molecular complexity index is 535. The zero-order chi connectivity index (χ0) is 13.3. The molecule has 7 heteroatoms. The molecule has 1 atom stereocenters. The molecule has 6 nitrogen and oxygen atoms in total. The molecule has 0 aromatic heterocycles. The predicted molar refractivity (Wildman–Crippen MR) is 62.4 cm³/mol. The SMILES string of the molecule is C[C@](O)(CS(C)(=O)=O)c1cccc([N+](=O)[O-])c1. The molecule has 0 saturated heterocycles. The summed E-state index contributed by atoms with van der Waals surface area (Å²) < 4.78 is 22.3. The molecular formula is C10H13NO5S. The van der Waals surface area contributed by atoms with E-state index in [1.54, 1.807) is 0 Å². The second-order valence-electron chi connectivity index (χ2n) is 4.15. The highest BCUT2D eigenvalue weighted by Gasteiger charge is 2.29. The van der Waals surface area contributed by atoms with Crippen LogP contribution in [-0.2, 0) is 15.4 Å². The van der Waals surface area contributed by atoms with Gasteiger partial charge in [0.15, 0.2) is 9.84 Å². The lowest BCUT2D eigenvalue weighted by molar-refractivity contribution is -0.385. The molecule has 1 rings (SSSR count). The Kier molecular flexibility index (Phi) is 3.53. The highest BCUT2D eigenvalue weighted by molar-refractivity contribution is 7.90. The highest BCUT2D eigenvalue weighted by Crippen LogP contribution is 2.25. The lowest BCUT2D eigenvalue weighted by atomic mass is 9.98. The lowest BCUT2D eigenvalue weighted by Crippen LogP contribution is -2.30. The van der Waals surface area contributed by atoms with Crippen molar-refractivity contribution >= 4 is 15.5 Å². The maximum atomic E-state index is 11.1. The molecule has 17 heavy (non-hydrogen) atoms. The molecule has 0 saturated carbocycles. The zero-order valence-electron chi connectivity index (χ0n) is 9.45. The summed E-state index contributed by atoms with van der Waals surface area (Å²) in [5, 5.41) is 20.6. The van der Waals surface area contributed by atoms with Gasteiger partial charge in [-0.15, -0.1) is 0 Å². The van der Waals surface area contributed by atoms with Crippen molar-refractivity contribution in [3.05, 3.63) is 39.9 Å². The number of nitrogens with zero attached hydrogens (tertiary/aromatic N) is 1. The zero-order valence-corrected chi connectivity index (χ0v) is 10.3. The Labute approximate surface area is 99.0 Å². The number of benzene rings is 1. The first kappa shape index (κ1) is 13.6. The van der Waals surface area contributed by atoms with Crippen LogP contribution in [0.15, 0.2) is 24.3 Å². The van der Waals surface area contributed by atoms with Crippen molar-refractivity contribution in [1.29, 1.82) is 0 Å². The summed E-state index contributed by atoms with van der Waals surface area (Å²) in [5.74, 6) is -0.485. The van der Waals surface area contributed by atoms with E-state index in [0.29, 0.717) is 0 Å². The quantitative estimate of drug-likeness (QED) is 0.638. The summed E-state index contributed by atoms with van der Waals surface area (Å²) in [7, 11) is -3.38. The maximum absolute atomic E-state index is 11.1. The Hall–Kier alpha value is -1.47. The predicted octanol–water partition coefficient (Wildman–Crippen LogP) is 0.847. The second-order valence-corrected chi connectivity index (χ2v) is 6.29. The average Bonchev–Trinajstić information content (AvgIpc) is 2.14. The van der Waals surface area contributed by atoms with Crippen LogP contribution in [0.3, 0.4) is 0 Å². The van der Waals surface area contributed by atoms with Crippen LogP contribution < -0.4 is 0 Å². The molecule has 0 radical (unpaired) electrons. The van der Waals surface area contributed by atoms with Crippen LogP contribution >= 0.6 is 0 Å². The third-order valence-electron chi connectivity index (χ3n) is 2.22. The van der Waals surface area contributed by atoms with Gasteiger partial charge in [-0.3, -0.25) is 10.1 Å². The van der Waals surface area contributed by atoms with E-state index in [1.165, 1.54) is 31.2 Å². The minimum atomic E-state index is -3.38. The van der Waals surface area contributed by atoms with Crippen molar-refractivity contribution in [3.8, 4) is 0 Å². The third kappa shape index (κ3) is 3.79. The van der Waals surface area contributed by atoms with Gasteiger partial charge in [0, 0.05) is 18.4 Å². The monoisotopic (exact) mass is 259 g/mol. The van der Waals surface area contributed by atoms with Crippen LogP contribution in [0.1, 0.15) is 12.5 Å². The summed E-state index contributed by atoms with van der Waals surface area (Å²) in [6, 6.07) is 5.31. The molecule has 0 bridgehead atoms. The summed E-state index contributed by atoms with van der Waals surface area (Å²) in [6.07, 6.45) is 0.999. The third-order valence-corrected chi connectivity index (χ3v) is 3.31. The summed E-state index contributed by atoms with van der Waals surface area (Å²) in [6.45, 7) is 1.31. The lowest BCUT2D eigenvalue weighted by Gasteiger charge is -2.22. The number of rotatable bonds is 4. The molecule has 0 aliphatic rings. The van der Waals surface area contributed by atoms with E-state index in [0.717, 1.165) is 6.26 Å². The molecule has 1 aromatic rings. The molecule has 0 aliphatic carbocycles. The Morgan fingerprint density at radius 2 is 2.06 bits per heavy atom. The van der Waals surface area contributed by atoms with E-state index >= 15 is 0 Å². The van der Waals surface area contributed by atoms with Gasteiger partial charge < -0.3 is 5.11 Å². The van der Waals surface area contributed by atoms with E-state index in [2.05, 4.69) is 0 Å². The molecular weight excluding hydrogens is 246 g/mol. The van der Waals surface area contributed by atoms with Crippen LogP contribution in [0.2, 0.25) is 0 Å². The molecule has 0 spiro atoms. The van der Waals surface area contributed by atoms with Crippen LogP contribution in [0.25, 0.3) is 0 Å². The van der Waals surface area contributed by atoms with Crippen molar-refractivity contribution in [3.63, 3.8) is 0 Å². The van der Waals surface area contributed by atoms with Gasteiger partial charge in [0.2, 0.25) is 0 Å². The van der Waals surface area contributed by atoms with Crippen molar-refractivity contribution in [2.75, 3.05) is 12.0 Å². The van der Waals surface area contributed by atoms with E-state index in [1.807, 2.05) is 0 Å². The van der Waals surface area contributed by atoms with E-state index in [-0.39, 0.29) is 11.3 Å². The Morgan fingerprint density at radius 1 is 1.47 bits per heavy atom. The fraction of sp³-hybridized carbons (Fsp3) is 0.400. The largest absolute Gasteiger partial charge is 0.384 e. The second kappa shape index (κ2) is 4.42. The fourth-order valence-electron chi connectivity index (χ4n) is 1.55. The van der Waals surface area contributed by atoms with Gasteiger partial charge >= 0.3 is 0 Å². The first-order valence-corrected chi connectivity index (χ1v) is 6.83. The fourth-order valence-corrected chi connectivity index (χ4v) is 2.74. The molecule has 1 N–H and O–H groups in total. The number of sulfone groups is 1. The average molecular weight is 259 g/mol. The van der Waals surface area contributed by atoms with Gasteiger partial charge in [-0.1, -0.05) is 12.1 Å². The maximum Gasteiger partial charge on any atom is 0.269 e. The van der Waals surface area contributed by atoms with E-state index in [9.17, 15) is 23.6 Å². The van der Waals surface area contributed by atoms with Crippen LogP contribution in [-0.4, -0.2) is 30.5 Å². The number of hydrogen-bond acceptors (Lipinski definition) is 5. The van der Waals surface area contributed by atoms with Crippen molar-refractivity contribution < 1.29 is 18.4 Å². The molecule has 1 aromatic carbocycles. The van der Waals surface area contributed by atoms with Gasteiger partial charge in [0.05, 0.1) is 10.7 Å². The van der Waals surface area contributed by atoms with Crippen LogP contribution in [0.5, 0.6) is 0 Å². The first-order chi connectivity index (χ1) is 7.62. The van der Waals surface area contributed by atoms with Gasteiger partial charge in [-0.2, -0.15) is 0 Å². The summed E-state index contributed by atoms with van der Waals surface area (Å²) in [4.78, 5) is 9.97. The number of nitro groups is 1. The summed E-state index contributed by atoms with van der Waals surface area (Å²) in [5.41, 5.74) is -1.62. The minimum Gasteiger partial charge on any atom is -0.384 e. The van der Waals surface area contributed by atoms with E-state index in [4.69, 9.17) is 0 Å². The normalized spacial score (nSPS) is 15.2. The number of aliphatic hydroxyl groups is 1. The van der Waals surface area contributed by atoms with E-state index < -0.39 is 26.1 Å². The first-order valence-electron chi connectivity index (χ1n) is 4.77. The van der Waals surface area contributed by atoms with Crippen molar-refractivity contribution in [2.45, 2.75) is 12.5 Å². The Balaban J connectivity index is 3.15. The molecule has 0 unspecified atom stereocenters. The number of hydrogen-bond donors (Lipinski definition) is 1. The van der Waals surface area contributed by atoms with Gasteiger partial charge in [-0.05, 0) is 12.5 Å². The standard InChI is InChI=1S/C10H13NO5S/c1-10(12,7-17(2,15)16)8-4-3-5-9(6-8)11(13)14/h3-6,12H,7H2,1-2H3/t10-/m0/s1. The Morgan fingerprint density at radius 3 is 2.53 bits per heavy atom. The van der Waals surface area contributed by atoms with Crippen LogP contribution in [0, 0.1) is 10.1 Å². The number of nitro benzene ring substituents is 1. The molecule has 94 valence electrons. The number of non-ortho nitro benzene ring substituents is 1. The molecule has 0 amide bonds. The molecule has 0 aliphatic heterocycles. The van der Waals surface area contributed by atoms with Gasteiger partial charge in [0.25, 0.3) is 5.69 Å². The summed E-state index contributed by atoms with van der Waals surface area (Å²) >= 11 is 0. The van der Waals surface area contributed by atoms with Crippen molar-refractivity contribution in [2.24, 2.45) is 0 Å². The topological polar surface area (TPSA) is 97.5 Å². The highest BCUT2D eigenvalue weighted by atomic mass is 32.2. The van der Waals surface area contributed by atoms with Crippen molar-refractivity contribution in [1.82, 2.24) is 0 Å². The molecule has 0 fully saturated rings. The smallest absolute Gasteiger partial charge is 0.269 e. The molecule has 0 heterocycles. The van der Waals surface area contributed by atoms with Crippen LogP contribution in [0.4, 0.5) is 5.69 Å². The minimum absolute atomic E-state index is 0.184. The van der Waals surface area contributed by atoms with Gasteiger partial charge in [-0.25, -0.2) is 8.42 Å².